The molecule has 28 heavy (non-hydrogen) atoms. The first-order valence-corrected chi connectivity index (χ1v) is 10.9. The van der Waals surface area contributed by atoms with E-state index in [0.717, 1.165) is 45.3 Å². The van der Waals surface area contributed by atoms with E-state index in [1.807, 2.05) is 14.2 Å². The van der Waals surface area contributed by atoms with Gasteiger partial charge in [-0.25, -0.2) is 0 Å². The molecule has 1 aliphatic heterocycles. The first kappa shape index (κ1) is 21.4. The lowest BCUT2D eigenvalue weighted by molar-refractivity contribution is 0.0465. The average Bonchev–Trinajstić information content (AvgIpc) is 2.95. The van der Waals surface area contributed by atoms with Crippen LogP contribution in [0.1, 0.15) is 46.5 Å². The third kappa shape index (κ3) is 4.00. The zero-order chi connectivity index (χ0) is 20.1. The summed E-state index contributed by atoms with van der Waals surface area (Å²) in [4.78, 5) is 2.52. The molecule has 4 unspecified atom stereocenters. The molecule has 0 aromatic carbocycles. The van der Waals surface area contributed by atoms with E-state index in [0.29, 0.717) is 12.0 Å². The number of hydrogen-bond donors (Lipinski definition) is 1. The molecule has 0 aromatic rings. The molecule has 1 fully saturated rings. The van der Waals surface area contributed by atoms with Gasteiger partial charge in [0.2, 0.25) is 0 Å². The van der Waals surface area contributed by atoms with Crippen molar-refractivity contribution in [3.63, 3.8) is 0 Å². The molecule has 0 saturated carbocycles. The van der Waals surface area contributed by atoms with Crippen molar-refractivity contribution in [1.29, 1.82) is 0 Å². The Hall–Kier alpha value is -1.36. The Bertz CT molecular complexity index is 664. The second-order valence-electron chi connectivity index (χ2n) is 8.30. The Morgan fingerprint density at radius 3 is 2.79 bits per heavy atom. The van der Waals surface area contributed by atoms with Gasteiger partial charge in [0.25, 0.3) is 0 Å². The van der Waals surface area contributed by atoms with Crippen LogP contribution in [-0.2, 0) is 9.47 Å². The number of fused-ring (bicyclic) bond motifs is 1. The molecule has 3 rings (SSSR count). The number of ether oxygens (including phenoxy) is 2. The molecule has 0 aromatic heterocycles. The zero-order valence-corrected chi connectivity index (χ0v) is 18.3. The van der Waals surface area contributed by atoms with Crippen LogP contribution >= 0.6 is 0 Å². The molecule has 1 N–H and O–H groups in total. The largest absolute Gasteiger partial charge is 0.381 e. The highest BCUT2D eigenvalue weighted by Crippen LogP contribution is 2.55. The predicted octanol–water partition coefficient (Wildman–Crippen LogP) is 4.42. The van der Waals surface area contributed by atoms with Crippen LogP contribution in [0.25, 0.3) is 0 Å². The summed E-state index contributed by atoms with van der Waals surface area (Å²) in [5.74, 6) is 0.438. The predicted molar refractivity (Wildman–Crippen MR) is 116 cm³/mol. The molecule has 1 heterocycles. The van der Waals surface area contributed by atoms with E-state index in [1.165, 1.54) is 17.0 Å². The SMILES string of the molecule is CCNC/C=C1\N(CC)C2=CCC(OC)C=C2C1(C)CC1C=CCCC1OC. The maximum absolute atomic E-state index is 5.87. The van der Waals surface area contributed by atoms with Crippen molar-refractivity contribution < 1.29 is 9.47 Å². The minimum absolute atomic E-state index is 0.0302. The summed E-state index contributed by atoms with van der Waals surface area (Å²) in [5, 5.41) is 3.48. The standard InChI is InChI=1S/C24H38N2O2/c1-6-25-15-14-23-24(3,17-18-10-8-9-11-22(18)28-5)20-16-19(27-4)12-13-21(20)26(23)7-2/h8,10,13-14,16,18-19,22,25H,6-7,9,11-12,15,17H2,1-5H3/b23-14-. The van der Waals surface area contributed by atoms with Crippen molar-refractivity contribution in [2.45, 2.75) is 58.7 Å². The minimum Gasteiger partial charge on any atom is -0.381 e. The number of allylic oxidation sites excluding steroid dienone is 3. The van der Waals surface area contributed by atoms with Gasteiger partial charge in [0.1, 0.15) is 0 Å². The first-order chi connectivity index (χ1) is 13.6. The van der Waals surface area contributed by atoms with Crippen LogP contribution in [0.4, 0.5) is 0 Å². The van der Waals surface area contributed by atoms with Gasteiger partial charge < -0.3 is 19.7 Å². The van der Waals surface area contributed by atoms with Gasteiger partial charge in [-0.1, -0.05) is 31.2 Å². The topological polar surface area (TPSA) is 33.7 Å². The van der Waals surface area contributed by atoms with Gasteiger partial charge in [-0.2, -0.15) is 0 Å². The molecule has 0 amide bonds. The van der Waals surface area contributed by atoms with E-state index in [2.05, 4.69) is 61.4 Å². The average molecular weight is 387 g/mol. The minimum atomic E-state index is -0.0302. The monoisotopic (exact) mass is 386 g/mol. The lowest BCUT2D eigenvalue weighted by Gasteiger charge is -2.36. The quantitative estimate of drug-likeness (QED) is 0.494. The summed E-state index contributed by atoms with van der Waals surface area (Å²) in [7, 11) is 3.68. The van der Waals surface area contributed by atoms with Gasteiger partial charge in [-0.05, 0) is 57.7 Å². The number of methoxy groups -OCH3 is 2. The van der Waals surface area contributed by atoms with Gasteiger partial charge in [0.15, 0.2) is 0 Å². The summed E-state index contributed by atoms with van der Waals surface area (Å²) in [6, 6.07) is 0. The van der Waals surface area contributed by atoms with E-state index in [9.17, 15) is 0 Å². The highest BCUT2D eigenvalue weighted by atomic mass is 16.5. The second kappa shape index (κ2) is 9.43. The zero-order valence-electron chi connectivity index (χ0n) is 18.3. The van der Waals surface area contributed by atoms with Crippen molar-refractivity contribution in [3.05, 3.63) is 47.3 Å². The summed E-state index contributed by atoms with van der Waals surface area (Å²) in [5.41, 5.74) is 4.22. The Morgan fingerprint density at radius 1 is 1.29 bits per heavy atom. The third-order valence-electron chi connectivity index (χ3n) is 6.65. The van der Waals surface area contributed by atoms with Crippen molar-refractivity contribution in [2.24, 2.45) is 11.3 Å². The van der Waals surface area contributed by atoms with Gasteiger partial charge in [0, 0.05) is 50.0 Å². The molecule has 4 atom stereocenters. The molecule has 0 bridgehead atoms. The van der Waals surface area contributed by atoms with Crippen LogP contribution in [0.15, 0.2) is 47.3 Å². The molecular formula is C24H38N2O2. The Balaban J connectivity index is 2.02. The Morgan fingerprint density at radius 2 is 2.11 bits per heavy atom. The van der Waals surface area contributed by atoms with E-state index in [1.54, 1.807) is 0 Å². The Kier molecular flexibility index (Phi) is 7.19. The van der Waals surface area contributed by atoms with Crippen LogP contribution in [0.3, 0.4) is 0 Å². The van der Waals surface area contributed by atoms with Crippen molar-refractivity contribution in [1.82, 2.24) is 10.2 Å². The normalized spacial score (nSPS) is 33.8. The first-order valence-electron chi connectivity index (χ1n) is 10.9. The fraction of sp³-hybridized carbons (Fsp3) is 0.667. The maximum Gasteiger partial charge on any atom is 0.0794 e. The summed E-state index contributed by atoms with van der Waals surface area (Å²) in [6.07, 6.45) is 16.6. The van der Waals surface area contributed by atoms with E-state index < -0.39 is 0 Å². The second-order valence-corrected chi connectivity index (χ2v) is 8.30. The molecule has 0 radical (unpaired) electrons. The molecule has 1 saturated heterocycles. The summed E-state index contributed by atoms with van der Waals surface area (Å²) in [6.45, 7) is 9.72. The van der Waals surface area contributed by atoms with Gasteiger partial charge in [-0.3, -0.25) is 0 Å². The number of nitrogens with zero attached hydrogens (tertiary/aromatic N) is 1. The molecule has 3 aliphatic rings. The van der Waals surface area contributed by atoms with Crippen molar-refractivity contribution in [2.75, 3.05) is 33.9 Å². The number of hydrogen-bond acceptors (Lipinski definition) is 4. The lowest BCUT2D eigenvalue weighted by atomic mass is 9.70. The van der Waals surface area contributed by atoms with Crippen LogP contribution in [-0.4, -0.2) is 51.0 Å². The van der Waals surface area contributed by atoms with Crippen molar-refractivity contribution >= 4 is 0 Å². The lowest BCUT2D eigenvalue weighted by Crippen LogP contribution is -2.32. The number of likely N-dealkylation sites (N-methyl/N-ethyl adjacent to an activating group) is 2. The number of nitrogens with one attached hydrogen (secondary N) is 1. The number of rotatable bonds is 8. The molecule has 4 nitrogen and oxygen atoms in total. The molecular weight excluding hydrogens is 348 g/mol. The Labute approximate surface area is 171 Å². The van der Waals surface area contributed by atoms with E-state index in [4.69, 9.17) is 9.47 Å². The van der Waals surface area contributed by atoms with Gasteiger partial charge >= 0.3 is 0 Å². The van der Waals surface area contributed by atoms with Crippen LogP contribution in [0.2, 0.25) is 0 Å². The molecule has 156 valence electrons. The molecule has 0 spiro atoms. The van der Waals surface area contributed by atoms with Gasteiger partial charge in [-0.15, -0.1) is 0 Å². The van der Waals surface area contributed by atoms with E-state index in [-0.39, 0.29) is 11.5 Å². The highest BCUT2D eigenvalue weighted by Gasteiger charge is 2.48. The highest BCUT2D eigenvalue weighted by molar-refractivity contribution is 5.52. The van der Waals surface area contributed by atoms with Crippen LogP contribution in [0, 0.1) is 11.3 Å². The molecule has 4 heteroatoms. The fourth-order valence-electron chi connectivity index (χ4n) is 5.17. The number of likely N-dealkylation sites (tertiary alicyclic amines) is 1. The molecule has 2 aliphatic carbocycles. The van der Waals surface area contributed by atoms with Gasteiger partial charge in [0.05, 0.1) is 12.2 Å². The fourth-order valence-corrected chi connectivity index (χ4v) is 5.17. The third-order valence-corrected chi connectivity index (χ3v) is 6.65. The van der Waals surface area contributed by atoms with Crippen LogP contribution < -0.4 is 5.32 Å². The summed E-state index contributed by atoms with van der Waals surface area (Å²) >= 11 is 0. The summed E-state index contributed by atoms with van der Waals surface area (Å²) < 4.78 is 11.6. The maximum atomic E-state index is 5.87. The van der Waals surface area contributed by atoms with Crippen molar-refractivity contribution in [3.8, 4) is 0 Å². The van der Waals surface area contributed by atoms with E-state index >= 15 is 0 Å². The smallest absolute Gasteiger partial charge is 0.0794 e. The van der Waals surface area contributed by atoms with Crippen LogP contribution in [0.5, 0.6) is 0 Å².